The third-order valence-electron chi connectivity index (χ3n) is 4.64. The van der Waals surface area contributed by atoms with Crippen molar-refractivity contribution in [3.63, 3.8) is 0 Å². The first-order valence-corrected chi connectivity index (χ1v) is 11.7. The van der Waals surface area contributed by atoms with Crippen molar-refractivity contribution in [1.29, 1.82) is 0 Å². The fraction of sp³-hybridized carbons (Fsp3) is 1.00. The number of hydrogen-bond acceptors (Lipinski definition) is 6. The Kier molecular flexibility index (Phi) is 7.47. The van der Waals surface area contributed by atoms with Crippen molar-refractivity contribution in [3.8, 4) is 0 Å². The molecule has 0 bridgehead atoms. The first-order valence-electron chi connectivity index (χ1n) is 9.91. The van der Waals surface area contributed by atoms with Crippen molar-refractivity contribution in [3.05, 3.63) is 0 Å². The molecular weight excluding hydrogens is 340 g/mol. The van der Waals surface area contributed by atoms with Crippen molar-refractivity contribution in [2.45, 2.75) is 90.3 Å². The highest BCUT2D eigenvalue weighted by atomic mass is 28.4. The molecular formula is C18H36O6Si. The van der Waals surface area contributed by atoms with Crippen LogP contribution >= 0.6 is 0 Å². The fourth-order valence-electron chi connectivity index (χ4n) is 3.33. The smallest absolute Gasteiger partial charge is 0.388 e. The number of epoxide rings is 2. The molecule has 2 aliphatic rings. The van der Waals surface area contributed by atoms with Crippen LogP contribution in [0.2, 0.25) is 0 Å². The summed E-state index contributed by atoms with van der Waals surface area (Å²) in [5, 5.41) is 0. The second-order valence-corrected chi connectivity index (χ2v) is 10.1. The van der Waals surface area contributed by atoms with Gasteiger partial charge in [0.15, 0.2) is 0 Å². The maximum absolute atomic E-state index is 6.49. The van der Waals surface area contributed by atoms with E-state index >= 15 is 0 Å². The summed E-state index contributed by atoms with van der Waals surface area (Å²) in [6.45, 7) is 14.7. The minimum absolute atomic E-state index is 0.0852. The summed E-state index contributed by atoms with van der Waals surface area (Å²) >= 11 is 0. The molecule has 7 heteroatoms. The van der Waals surface area contributed by atoms with Gasteiger partial charge in [0, 0.05) is 26.4 Å². The third kappa shape index (κ3) is 3.70. The molecule has 4 atom stereocenters. The zero-order chi connectivity index (χ0) is 18.6. The second kappa shape index (κ2) is 8.78. The van der Waals surface area contributed by atoms with Crippen molar-refractivity contribution in [2.24, 2.45) is 0 Å². The van der Waals surface area contributed by atoms with Crippen LogP contribution in [0.25, 0.3) is 0 Å². The van der Waals surface area contributed by atoms with Crippen LogP contribution in [-0.4, -0.2) is 58.0 Å². The molecule has 2 aliphatic heterocycles. The van der Waals surface area contributed by atoms with Gasteiger partial charge in [-0.1, -0.05) is 27.7 Å². The molecule has 0 saturated carbocycles. The van der Waals surface area contributed by atoms with E-state index in [9.17, 15) is 0 Å². The van der Waals surface area contributed by atoms with Crippen LogP contribution in [0.1, 0.15) is 67.2 Å². The fourth-order valence-corrected chi connectivity index (χ4v) is 8.00. The molecule has 0 aromatic heterocycles. The van der Waals surface area contributed by atoms with Crippen LogP contribution in [0.4, 0.5) is 0 Å². The van der Waals surface area contributed by atoms with Gasteiger partial charge in [-0.2, -0.15) is 0 Å². The SMILES string of the molecule is CCCOC1([Si](OCCC)(OCCC)C2(OCCC)OC2C)OC1C. The Morgan fingerprint density at radius 2 is 1.00 bits per heavy atom. The molecule has 0 N–H and O–H groups in total. The zero-order valence-corrected chi connectivity index (χ0v) is 17.8. The Bertz CT molecular complexity index is 384. The van der Waals surface area contributed by atoms with Crippen LogP contribution in [0.3, 0.4) is 0 Å². The molecule has 6 nitrogen and oxygen atoms in total. The Morgan fingerprint density at radius 1 is 0.680 bits per heavy atom. The Morgan fingerprint density at radius 3 is 1.24 bits per heavy atom. The highest BCUT2D eigenvalue weighted by Gasteiger charge is 2.89. The zero-order valence-electron chi connectivity index (χ0n) is 16.8. The topological polar surface area (TPSA) is 62.0 Å². The minimum atomic E-state index is -3.16. The van der Waals surface area contributed by atoms with Crippen molar-refractivity contribution < 1.29 is 27.8 Å². The Balaban J connectivity index is 2.41. The van der Waals surface area contributed by atoms with E-state index in [0.29, 0.717) is 26.4 Å². The summed E-state index contributed by atoms with van der Waals surface area (Å²) in [5.41, 5.74) is -1.71. The standard InChI is InChI=1S/C18H36O6Si/c1-7-11-19-17(15(5)23-17)25(21-13-9-3,22-14-10-4)18(16(6)24-18)20-12-8-2/h15-16H,7-14H2,1-6H3. The highest BCUT2D eigenvalue weighted by Crippen LogP contribution is 2.58. The van der Waals surface area contributed by atoms with Crippen LogP contribution in [0.5, 0.6) is 0 Å². The highest BCUT2D eigenvalue weighted by molar-refractivity contribution is 6.74. The van der Waals surface area contributed by atoms with Gasteiger partial charge in [0.1, 0.15) is 12.2 Å². The van der Waals surface area contributed by atoms with Gasteiger partial charge in [0.25, 0.3) is 0 Å². The second-order valence-electron chi connectivity index (χ2n) is 6.87. The summed E-state index contributed by atoms with van der Waals surface area (Å²) < 4.78 is 37.6. The van der Waals surface area contributed by atoms with Gasteiger partial charge in [-0.05, 0) is 39.5 Å². The third-order valence-corrected chi connectivity index (χ3v) is 9.03. The van der Waals surface area contributed by atoms with Gasteiger partial charge in [0.2, 0.25) is 10.8 Å². The van der Waals surface area contributed by atoms with E-state index in [4.69, 9.17) is 27.8 Å². The van der Waals surface area contributed by atoms with Gasteiger partial charge in [-0.15, -0.1) is 0 Å². The van der Waals surface area contributed by atoms with Crippen molar-refractivity contribution >= 4 is 8.56 Å². The van der Waals surface area contributed by atoms with Gasteiger partial charge < -0.3 is 27.8 Å². The summed E-state index contributed by atoms with van der Waals surface area (Å²) in [6.07, 6.45) is 3.42. The first kappa shape index (κ1) is 21.3. The molecule has 148 valence electrons. The largest absolute Gasteiger partial charge is 0.467 e. The molecule has 25 heavy (non-hydrogen) atoms. The van der Waals surface area contributed by atoms with Gasteiger partial charge in [-0.3, -0.25) is 0 Å². The average Bonchev–Trinajstić information content (AvgIpc) is 3.48. The normalized spacial score (nSPS) is 34.3. The Hall–Kier alpha value is -0.0231. The predicted octanol–water partition coefficient (Wildman–Crippen LogP) is 3.44. The van der Waals surface area contributed by atoms with Crippen molar-refractivity contribution in [2.75, 3.05) is 26.4 Å². The van der Waals surface area contributed by atoms with E-state index in [-0.39, 0.29) is 12.2 Å². The molecule has 2 fully saturated rings. The van der Waals surface area contributed by atoms with Crippen LogP contribution in [-0.2, 0) is 27.8 Å². The van der Waals surface area contributed by atoms with E-state index in [0.717, 1.165) is 25.7 Å². The lowest BCUT2D eigenvalue weighted by atomic mass is 10.5. The predicted molar refractivity (Wildman–Crippen MR) is 97.3 cm³/mol. The molecule has 0 radical (unpaired) electrons. The first-order chi connectivity index (χ1) is 12.0. The quantitative estimate of drug-likeness (QED) is 0.342. The Labute approximate surface area is 153 Å². The molecule has 0 spiro atoms. The monoisotopic (exact) mass is 376 g/mol. The maximum atomic E-state index is 6.49. The summed E-state index contributed by atoms with van der Waals surface area (Å²) in [6, 6.07) is 0. The molecule has 2 rings (SSSR count). The summed E-state index contributed by atoms with van der Waals surface area (Å²) in [5.74, 6) is 0. The van der Waals surface area contributed by atoms with Crippen molar-refractivity contribution in [1.82, 2.24) is 0 Å². The van der Waals surface area contributed by atoms with E-state index in [1.54, 1.807) is 0 Å². The molecule has 0 amide bonds. The van der Waals surface area contributed by atoms with Gasteiger partial charge in [-0.25, -0.2) is 0 Å². The maximum Gasteiger partial charge on any atom is 0.467 e. The lowest BCUT2D eigenvalue weighted by Crippen LogP contribution is -2.70. The van der Waals surface area contributed by atoms with E-state index in [1.807, 2.05) is 13.8 Å². The number of rotatable bonds is 14. The minimum Gasteiger partial charge on any atom is -0.388 e. The molecule has 2 heterocycles. The van der Waals surface area contributed by atoms with E-state index in [2.05, 4.69) is 27.7 Å². The average molecular weight is 377 g/mol. The number of hydrogen-bond donors (Lipinski definition) is 0. The summed E-state index contributed by atoms with van der Waals surface area (Å²) in [7, 11) is -3.16. The number of ether oxygens (including phenoxy) is 4. The van der Waals surface area contributed by atoms with E-state index in [1.165, 1.54) is 0 Å². The van der Waals surface area contributed by atoms with Crippen LogP contribution in [0.15, 0.2) is 0 Å². The van der Waals surface area contributed by atoms with Crippen LogP contribution in [0, 0.1) is 0 Å². The van der Waals surface area contributed by atoms with Crippen LogP contribution < -0.4 is 0 Å². The van der Waals surface area contributed by atoms with Gasteiger partial charge in [0.05, 0.1) is 0 Å². The van der Waals surface area contributed by atoms with E-state index < -0.39 is 19.4 Å². The lowest BCUT2D eigenvalue weighted by molar-refractivity contribution is -0.0871. The lowest BCUT2D eigenvalue weighted by Gasteiger charge is -2.39. The molecule has 0 aromatic rings. The molecule has 0 aliphatic carbocycles. The summed E-state index contributed by atoms with van der Waals surface area (Å²) in [4.78, 5) is 0. The van der Waals surface area contributed by atoms with Gasteiger partial charge >= 0.3 is 8.56 Å². The molecule has 0 aromatic carbocycles. The molecule has 4 unspecified atom stereocenters. The molecule has 2 saturated heterocycles.